The number of phenols is 1. The Kier molecular flexibility index (Phi) is 4.64. The predicted molar refractivity (Wildman–Crippen MR) is 61.5 cm³/mol. The standard InChI is InChI=1S/C12H17NO3/c1-9(2)13-12(15)7-8-16-11-6-4-3-5-10(11)14/h3-6,9,14H,7-8H2,1-2H3,(H,13,15). The Hall–Kier alpha value is -1.71. The van der Waals surface area contributed by atoms with Crippen molar-refractivity contribution in [1.29, 1.82) is 0 Å². The van der Waals surface area contributed by atoms with E-state index in [2.05, 4.69) is 5.32 Å². The second kappa shape index (κ2) is 6.00. The Morgan fingerprint density at radius 1 is 1.44 bits per heavy atom. The van der Waals surface area contributed by atoms with Crippen molar-refractivity contribution in [3.05, 3.63) is 24.3 Å². The van der Waals surface area contributed by atoms with Crippen molar-refractivity contribution in [3.63, 3.8) is 0 Å². The van der Waals surface area contributed by atoms with Crippen molar-refractivity contribution in [2.45, 2.75) is 26.3 Å². The van der Waals surface area contributed by atoms with Gasteiger partial charge in [0.2, 0.25) is 5.91 Å². The van der Waals surface area contributed by atoms with Gasteiger partial charge in [-0.3, -0.25) is 4.79 Å². The molecule has 0 saturated heterocycles. The van der Waals surface area contributed by atoms with Crippen molar-refractivity contribution >= 4 is 5.91 Å². The summed E-state index contributed by atoms with van der Waals surface area (Å²) in [6, 6.07) is 6.83. The lowest BCUT2D eigenvalue weighted by Gasteiger charge is -2.09. The number of carbonyl (C=O) groups is 1. The molecule has 1 rings (SSSR count). The van der Waals surface area contributed by atoms with Crippen LogP contribution in [0.25, 0.3) is 0 Å². The zero-order valence-electron chi connectivity index (χ0n) is 9.56. The SMILES string of the molecule is CC(C)NC(=O)CCOc1ccccc1O. The number of para-hydroxylation sites is 2. The zero-order valence-corrected chi connectivity index (χ0v) is 9.56. The molecule has 0 aromatic heterocycles. The minimum Gasteiger partial charge on any atom is -0.504 e. The number of amides is 1. The fourth-order valence-corrected chi connectivity index (χ4v) is 1.23. The molecule has 0 radical (unpaired) electrons. The van der Waals surface area contributed by atoms with Gasteiger partial charge >= 0.3 is 0 Å². The molecule has 0 unspecified atom stereocenters. The number of benzene rings is 1. The van der Waals surface area contributed by atoms with Gasteiger partial charge < -0.3 is 15.2 Å². The highest BCUT2D eigenvalue weighted by Gasteiger charge is 2.05. The van der Waals surface area contributed by atoms with Crippen molar-refractivity contribution in [3.8, 4) is 11.5 Å². The lowest BCUT2D eigenvalue weighted by Crippen LogP contribution is -2.31. The van der Waals surface area contributed by atoms with Gasteiger partial charge in [0, 0.05) is 6.04 Å². The number of aromatic hydroxyl groups is 1. The molecule has 0 heterocycles. The smallest absolute Gasteiger partial charge is 0.223 e. The molecule has 0 aliphatic rings. The number of carbonyl (C=O) groups excluding carboxylic acids is 1. The van der Waals surface area contributed by atoms with Gasteiger partial charge in [-0.1, -0.05) is 12.1 Å². The van der Waals surface area contributed by atoms with Crippen LogP contribution in [0.4, 0.5) is 0 Å². The van der Waals surface area contributed by atoms with E-state index in [0.29, 0.717) is 5.75 Å². The van der Waals surface area contributed by atoms with E-state index in [-0.39, 0.29) is 30.7 Å². The third-order valence-corrected chi connectivity index (χ3v) is 1.90. The molecule has 2 N–H and O–H groups in total. The average molecular weight is 223 g/mol. The van der Waals surface area contributed by atoms with Gasteiger partial charge in [-0.15, -0.1) is 0 Å². The Bertz CT molecular complexity index is 350. The Balaban J connectivity index is 2.31. The van der Waals surface area contributed by atoms with Crippen molar-refractivity contribution < 1.29 is 14.6 Å². The highest BCUT2D eigenvalue weighted by molar-refractivity contribution is 5.76. The van der Waals surface area contributed by atoms with E-state index in [1.807, 2.05) is 13.8 Å². The van der Waals surface area contributed by atoms with Gasteiger partial charge in [-0.25, -0.2) is 0 Å². The predicted octanol–water partition coefficient (Wildman–Crippen LogP) is 1.69. The second-order valence-electron chi connectivity index (χ2n) is 3.79. The first-order chi connectivity index (χ1) is 7.59. The van der Waals surface area contributed by atoms with Crippen LogP contribution in [0.2, 0.25) is 0 Å². The third-order valence-electron chi connectivity index (χ3n) is 1.90. The fourth-order valence-electron chi connectivity index (χ4n) is 1.23. The van der Waals surface area contributed by atoms with E-state index in [0.717, 1.165) is 0 Å². The normalized spacial score (nSPS) is 10.2. The van der Waals surface area contributed by atoms with Gasteiger partial charge in [0.15, 0.2) is 11.5 Å². The molecule has 4 nitrogen and oxygen atoms in total. The van der Waals surface area contributed by atoms with Crippen LogP contribution in [0, 0.1) is 0 Å². The van der Waals surface area contributed by atoms with Crippen LogP contribution in [0.1, 0.15) is 20.3 Å². The molecular formula is C12H17NO3. The number of hydrogen-bond acceptors (Lipinski definition) is 3. The quantitative estimate of drug-likeness (QED) is 0.798. The molecular weight excluding hydrogens is 206 g/mol. The van der Waals surface area contributed by atoms with E-state index in [1.54, 1.807) is 24.3 Å². The zero-order chi connectivity index (χ0) is 12.0. The number of rotatable bonds is 5. The van der Waals surface area contributed by atoms with E-state index in [4.69, 9.17) is 4.74 Å². The highest BCUT2D eigenvalue weighted by atomic mass is 16.5. The summed E-state index contributed by atoms with van der Waals surface area (Å²) in [6.45, 7) is 4.07. The van der Waals surface area contributed by atoms with Crippen LogP contribution in [-0.2, 0) is 4.79 Å². The number of phenolic OH excluding ortho intramolecular Hbond substituents is 1. The summed E-state index contributed by atoms with van der Waals surface area (Å²) in [6.07, 6.45) is 0.284. The number of nitrogens with one attached hydrogen (secondary N) is 1. The molecule has 0 aliphatic heterocycles. The molecule has 0 atom stereocenters. The molecule has 0 fully saturated rings. The first kappa shape index (κ1) is 12.4. The monoisotopic (exact) mass is 223 g/mol. The van der Waals surface area contributed by atoms with Crippen LogP contribution < -0.4 is 10.1 Å². The van der Waals surface area contributed by atoms with Crippen LogP contribution >= 0.6 is 0 Å². The molecule has 0 saturated carbocycles. The maximum absolute atomic E-state index is 11.3. The van der Waals surface area contributed by atoms with Crippen LogP contribution in [-0.4, -0.2) is 23.7 Å². The number of ether oxygens (including phenoxy) is 1. The van der Waals surface area contributed by atoms with Gasteiger partial charge in [0.1, 0.15) is 0 Å². The Morgan fingerprint density at radius 3 is 2.75 bits per heavy atom. The van der Waals surface area contributed by atoms with Crippen molar-refractivity contribution in [2.75, 3.05) is 6.61 Å². The molecule has 0 aliphatic carbocycles. The van der Waals surface area contributed by atoms with E-state index in [1.165, 1.54) is 0 Å². The van der Waals surface area contributed by atoms with Crippen LogP contribution in [0.3, 0.4) is 0 Å². The third kappa shape index (κ3) is 4.21. The summed E-state index contributed by atoms with van der Waals surface area (Å²) in [5.41, 5.74) is 0. The molecule has 1 aromatic rings. The molecule has 1 aromatic carbocycles. The summed E-state index contributed by atoms with van der Waals surface area (Å²) in [5, 5.41) is 12.2. The van der Waals surface area contributed by atoms with Gasteiger partial charge in [0.25, 0.3) is 0 Å². The summed E-state index contributed by atoms with van der Waals surface area (Å²) in [7, 11) is 0. The topological polar surface area (TPSA) is 58.6 Å². The largest absolute Gasteiger partial charge is 0.504 e. The van der Waals surface area contributed by atoms with Gasteiger partial charge in [-0.2, -0.15) is 0 Å². The molecule has 4 heteroatoms. The molecule has 16 heavy (non-hydrogen) atoms. The lowest BCUT2D eigenvalue weighted by atomic mass is 10.3. The second-order valence-corrected chi connectivity index (χ2v) is 3.79. The summed E-state index contributed by atoms with van der Waals surface area (Å²) in [5.74, 6) is 0.442. The first-order valence-corrected chi connectivity index (χ1v) is 5.29. The van der Waals surface area contributed by atoms with Crippen LogP contribution in [0.15, 0.2) is 24.3 Å². The fraction of sp³-hybridized carbons (Fsp3) is 0.417. The first-order valence-electron chi connectivity index (χ1n) is 5.29. The minimum absolute atomic E-state index is 0.0505. The molecule has 0 spiro atoms. The van der Waals surface area contributed by atoms with E-state index < -0.39 is 0 Å². The maximum atomic E-state index is 11.3. The van der Waals surface area contributed by atoms with E-state index in [9.17, 15) is 9.90 Å². The summed E-state index contributed by atoms with van der Waals surface area (Å²) < 4.78 is 5.28. The lowest BCUT2D eigenvalue weighted by molar-refractivity contribution is -0.122. The van der Waals surface area contributed by atoms with Crippen molar-refractivity contribution in [1.82, 2.24) is 5.32 Å². The summed E-state index contributed by atoms with van der Waals surface area (Å²) in [4.78, 5) is 11.3. The maximum Gasteiger partial charge on any atom is 0.223 e. The number of hydrogen-bond donors (Lipinski definition) is 2. The Morgan fingerprint density at radius 2 is 2.12 bits per heavy atom. The van der Waals surface area contributed by atoms with Gasteiger partial charge in [-0.05, 0) is 26.0 Å². The average Bonchev–Trinajstić information content (AvgIpc) is 2.19. The molecule has 1 amide bonds. The highest BCUT2D eigenvalue weighted by Crippen LogP contribution is 2.24. The van der Waals surface area contributed by atoms with Crippen LogP contribution in [0.5, 0.6) is 11.5 Å². The molecule has 0 bridgehead atoms. The van der Waals surface area contributed by atoms with Gasteiger partial charge in [0.05, 0.1) is 13.0 Å². The molecule has 88 valence electrons. The van der Waals surface area contributed by atoms with Crippen molar-refractivity contribution in [2.24, 2.45) is 0 Å². The summed E-state index contributed by atoms with van der Waals surface area (Å²) >= 11 is 0. The Labute approximate surface area is 95.2 Å². The minimum atomic E-state index is -0.0505. The van der Waals surface area contributed by atoms with E-state index >= 15 is 0 Å².